The third-order valence-electron chi connectivity index (χ3n) is 2.25. The number of rotatable bonds is 3. The fourth-order valence-electron chi connectivity index (χ4n) is 1.52. The molecule has 2 aromatic rings. The molecule has 0 bridgehead atoms. The van der Waals surface area contributed by atoms with Gasteiger partial charge < -0.3 is 0 Å². The van der Waals surface area contributed by atoms with Crippen LogP contribution in [0.25, 0.3) is 0 Å². The van der Waals surface area contributed by atoms with E-state index in [1.54, 1.807) is 0 Å². The van der Waals surface area contributed by atoms with Crippen molar-refractivity contribution in [1.29, 1.82) is 0 Å². The van der Waals surface area contributed by atoms with Crippen molar-refractivity contribution in [2.24, 2.45) is 0 Å². The Morgan fingerprint density at radius 2 is 1.60 bits per heavy atom. The molecule has 0 saturated carbocycles. The molecule has 0 saturated heterocycles. The molecule has 0 aliphatic rings. The first kappa shape index (κ1) is 10.2. The molecular formula is C13H13NS. The van der Waals surface area contributed by atoms with Crippen LogP contribution in [0.2, 0.25) is 0 Å². The fraction of sp³-hybridized carbons (Fsp3) is 0.154. The zero-order valence-electron chi connectivity index (χ0n) is 8.43. The predicted octanol–water partition coefficient (Wildman–Crippen LogP) is 3.10. The van der Waals surface area contributed by atoms with Gasteiger partial charge in [0.15, 0.2) is 0 Å². The van der Waals surface area contributed by atoms with Crippen LogP contribution < -0.4 is 0 Å². The summed E-state index contributed by atoms with van der Waals surface area (Å²) >= 11 is 4.22. The van der Waals surface area contributed by atoms with Crippen LogP contribution in [0.1, 0.15) is 17.0 Å². The first-order chi connectivity index (χ1) is 7.38. The highest BCUT2D eigenvalue weighted by atomic mass is 32.1. The molecule has 0 amide bonds. The predicted molar refractivity (Wildman–Crippen MR) is 66.2 cm³/mol. The van der Waals surface area contributed by atoms with Crippen LogP contribution in [0, 0.1) is 0 Å². The minimum Gasteiger partial charge on any atom is -0.257 e. The van der Waals surface area contributed by atoms with E-state index in [9.17, 15) is 0 Å². The molecule has 0 spiro atoms. The van der Waals surface area contributed by atoms with Crippen molar-refractivity contribution in [2.75, 3.05) is 0 Å². The van der Waals surface area contributed by atoms with E-state index in [1.807, 2.05) is 18.2 Å². The molecule has 2 rings (SSSR count). The van der Waals surface area contributed by atoms with Crippen LogP contribution in [-0.2, 0) is 12.2 Å². The van der Waals surface area contributed by atoms with Crippen LogP contribution in [-0.4, -0.2) is 4.98 Å². The van der Waals surface area contributed by atoms with Crippen LogP contribution in [0.3, 0.4) is 0 Å². The quantitative estimate of drug-likeness (QED) is 0.776. The lowest BCUT2D eigenvalue weighted by Gasteiger charge is -2.02. The lowest BCUT2D eigenvalue weighted by molar-refractivity contribution is 1.03. The third-order valence-corrected chi connectivity index (χ3v) is 2.58. The SMILES string of the molecule is SCc1cccc(Cc2ccccc2)n1. The van der Waals surface area contributed by atoms with Gasteiger partial charge in [-0.05, 0) is 17.7 Å². The Morgan fingerprint density at radius 1 is 0.867 bits per heavy atom. The van der Waals surface area contributed by atoms with Gasteiger partial charge in [0.2, 0.25) is 0 Å². The van der Waals surface area contributed by atoms with Crippen molar-refractivity contribution in [3.8, 4) is 0 Å². The van der Waals surface area contributed by atoms with Gasteiger partial charge in [0.1, 0.15) is 0 Å². The number of benzene rings is 1. The number of thiol groups is 1. The molecule has 0 aliphatic carbocycles. The van der Waals surface area contributed by atoms with Crippen molar-refractivity contribution in [1.82, 2.24) is 4.98 Å². The standard InChI is InChI=1S/C13H13NS/c15-10-13-8-4-7-12(14-13)9-11-5-2-1-3-6-11/h1-8,15H,9-10H2. The topological polar surface area (TPSA) is 12.9 Å². The minimum atomic E-state index is 0.697. The van der Waals surface area contributed by atoms with E-state index in [0.717, 1.165) is 17.8 Å². The number of aromatic nitrogens is 1. The zero-order chi connectivity index (χ0) is 10.5. The number of nitrogens with zero attached hydrogens (tertiary/aromatic N) is 1. The summed E-state index contributed by atoms with van der Waals surface area (Å²) in [6, 6.07) is 16.5. The molecule has 2 heteroatoms. The average Bonchev–Trinajstić information content (AvgIpc) is 2.31. The summed E-state index contributed by atoms with van der Waals surface area (Å²) in [4.78, 5) is 4.51. The number of pyridine rings is 1. The second-order valence-electron chi connectivity index (χ2n) is 3.44. The van der Waals surface area contributed by atoms with Crippen molar-refractivity contribution < 1.29 is 0 Å². The van der Waals surface area contributed by atoms with E-state index >= 15 is 0 Å². The molecule has 0 N–H and O–H groups in total. The fourth-order valence-corrected chi connectivity index (χ4v) is 1.70. The molecule has 0 radical (unpaired) electrons. The summed E-state index contributed by atoms with van der Waals surface area (Å²) in [5.41, 5.74) is 3.43. The average molecular weight is 215 g/mol. The lowest BCUT2D eigenvalue weighted by atomic mass is 10.1. The van der Waals surface area contributed by atoms with Gasteiger partial charge in [-0.2, -0.15) is 12.6 Å². The Kier molecular flexibility index (Phi) is 3.41. The van der Waals surface area contributed by atoms with Gasteiger partial charge in [-0.1, -0.05) is 36.4 Å². The molecule has 0 fully saturated rings. The number of hydrogen-bond acceptors (Lipinski definition) is 2. The van der Waals surface area contributed by atoms with Crippen LogP contribution >= 0.6 is 12.6 Å². The molecule has 1 nitrogen and oxygen atoms in total. The van der Waals surface area contributed by atoms with E-state index in [0.29, 0.717) is 5.75 Å². The zero-order valence-corrected chi connectivity index (χ0v) is 9.32. The highest BCUT2D eigenvalue weighted by Crippen LogP contribution is 2.08. The normalized spacial score (nSPS) is 10.2. The maximum Gasteiger partial charge on any atom is 0.0503 e. The summed E-state index contributed by atoms with van der Waals surface area (Å²) in [6.07, 6.45) is 0.891. The summed E-state index contributed by atoms with van der Waals surface area (Å²) in [6.45, 7) is 0. The molecule has 1 aromatic heterocycles. The Labute approximate surface area is 95.6 Å². The smallest absolute Gasteiger partial charge is 0.0503 e. The number of hydrogen-bond donors (Lipinski definition) is 1. The van der Waals surface area contributed by atoms with Gasteiger partial charge in [-0.3, -0.25) is 4.98 Å². The van der Waals surface area contributed by atoms with Crippen LogP contribution in [0.5, 0.6) is 0 Å². The molecule has 0 atom stereocenters. The maximum atomic E-state index is 4.51. The summed E-state index contributed by atoms with van der Waals surface area (Å²) in [5.74, 6) is 0.697. The van der Waals surface area contributed by atoms with Crippen LogP contribution in [0.4, 0.5) is 0 Å². The third kappa shape index (κ3) is 2.83. The summed E-state index contributed by atoms with van der Waals surface area (Å²) in [7, 11) is 0. The van der Waals surface area contributed by atoms with Crippen molar-refractivity contribution >= 4 is 12.6 Å². The van der Waals surface area contributed by atoms with Gasteiger partial charge in [-0.25, -0.2) is 0 Å². The second-order valence-corrected chi connectivity index (χ2v) is 3.76. The van der Waals surface area contributed by atoms with E-state index in [1.165, 1.54) is 5.56 Å². The molecule has 15 heavy (non-hydrogen) atoms. The lowest BCUT2D eigenvalue weighted by Crippen LogP contribution is -1.94. The van der Waals surface area contributed by atoms with Gasteiger partial charge >= 0.3 is 0 Å². The summed E-state index contributed by atoms with van der Waals surface area (Å²) in [5, 5.41) is 0. The Morgan fingerprint density at radius 3 is 2.33 bits per heavy atom. The molecule has 0 aliphatic heterocycles. The Balaban J connectivity index is 2.17. The highest BCUT2D eigenvalue weighted by Gasteiger charge is 1.98. The minimum absolute atomic E-state index is 0.697. The highest BCUT2D eigenvalue weighted by molar-refractivity contribution is 7.79. The van der Waals surface area contributed by atoms with E-state index in [4.69, 9.17) is 0 Å². The van der Waals surface area contributed by atoms with Gasteiger partial charge in [-0.15, -0.1) is 0 Å². The van der Waals surface area contributed by atoms with Gasteiger partial charge in [0, 0.05) is 17.9 Å². The second kappa shape index (κ2) is 4.99. The molecule has 76 valence electrons. The Bertz CT molecular complexity index is 426. The van der Waals surface area contributed by atoms with E-state index in [2.05, 4.69) is 47.9 Å². The van der Waals surface area contributed by atoms with E-state index in [-0.39, 0.29) is 0 Å². The first-order valence-electron chi connectivity index (χ1n) is 4.98. The Hall–Kier alpha value is -1.28. The van der Waals surface area contributed by atoms with Crippen molar-refractivity contribution in [2.45, 2.75) is 12.2 Å². The molecule has 0 unspecified atom stereocenters. The van der Waals surface area contributed by atoms with Crippen molar-refractivity contribution in [3.63, 3.8) is 0 Å². The largest absolute Gasteiger partial charge is 0.257 e. The monoisotopic (exact) mass is 215 g/mol. The molecule has 1 aromatic carbocycles. The maximum absolute atomic E-state index is 4.51. The van der Waals surface area contributed by atoms with E-state index < -0.39 is 0 Å². The van der Waals surface area contributed by atoms with Crippen molar-refractivity contribution in [3.05, 3.63) is 65.5 Å². The molecular weight excluding hydrogens is 202 g/mol. The van der Waals surface area contributed by atoms with Gasteiger partial charge in [0.25, 0.3) is 0 Å². The molecule has 1 heterocycles. The van der Waals surface area contributed by atoms with Gasteiger partial charge in [0.05, 0.1) is 5.69 Å². The first-order valence-corrected chi connectivity index (χ1v) is 5.61. The summed E-state index contributed by atoms with van der Waals surface area (Å²) < 4.78 is 0. The van der Waals surface area contributed by atoms with Crippen LogP contribution in [0.15, 0.2) is 48.5 Å².